The maximum absolute atomic E-state index is 13.6. The van der Waals surface area contributed by atoms with Gasteiger partial charge in [0.05, 0.1) is 11.5 Å². The minimum atomic E-state index is -2.81. The van der Waals surface area contributed by atoms with Crippen molar-refractivity contribution >= 4 is 9.84 Å². The summed E-state index contributed by atoms with van der Waals surface area (Å²) in [5.74, 6) is 0.884. The molecule has 2 aliphatic rings. The third kappa shape index (κ3) is 2.69. The fourth-order valence-corrected chi connectivity index (χ4v) is 4.24. The van der Waals surface area contributed by atoms with Crippen molar-refractivity contribution < 1.29 is 12.8 Å². The van der Waals surface area contributed by atoms with Crippen LogP contribution in [0, 0.1) is 11.8 Å². The van der Waals surface area contributed by atoms with Crippen molar-refractivity contribution in [1.82, 2.24) is 5.32 Å². The third-order valence-electron chi connectivity index (χ3n) is 3.66. The van der Waals surface area contributed by atoms with Crippen LogP contribution in [0.2, 0.25) is 0 Å². The highest BCUT2D eigenvalue weighted by Crippen LogP contribution is 2.32. The Labute approximate surface area is 90.4 Å². The van der Waals surface area contributed by atoms with Crippen LogP contribution in [0.5, 0.6) is 0 Å². The first kappa shape index (κ1) is 11.3. The van der Waals surface area contributed by atoms with E-state index in [2.05, 4.69) is 5.32 Å². The Morgan fingerprint density at radius 2 is 1.80 bits per heavy atom. The number of hydrogen-bond donors (Lipinski definition) is 1. The predicted molar refractivity (Wildman–Crippen MR) is 57.3 cm³/mol. The van der Waals surface area contributed by atoms with Gasteiger partial charge in [0, 0.05) is 6.54 Å². The van der Waals surface area contributed by atoms with Crippen LogP contribution in [-0.4, -0.2) is 39.2 Å². The molecule has 0 spiro atoms. The van der Waals surface area contributed by atoms with Crippen LogP contribution >= 0.6 is 0 Å². The minimum Gasteiger partial charge on any atom is -0.314 e. The first-order valence-corrected chi connectivity index (χ1v) is 7.46. The molecule has 1 N–H and O–H groups in total. The van der Waals surface area contributed by atoms with Crippen LogP contribution in [0.25, 0.3) is 0 Å². The van der Waals surface area contributed by atoms with Crippen molar-refractivity contribution in [2.45, 2.75) is 25.4 Å². The molecule has 0 aromatic carbocycles. The van der Waals surface area contributed by atoms with Gasteiger partial charge < -0.3 is 5.32 Å². The summed E-state index contributed by atoms with van der Waals surface area (Å²) >= 11 is 0. The molecule has 2 aliphatic heterocycles. The molecule has 2 heterocycles. The predicted octanol–water partition coefficient (Wildman–Crippen LogP) is 0.759. The van der Waals surface area contributed by atoms with E-state index in [0.717, 1.165) is 13.0 Å². The summed E-state index contributed by atoms with van der Waals surface area (Å²) in [7, 11) is -2.81. The second kappa shape index (κ2) is 4.37. The van der Waals surface area contributed by atoms with Gasteiger partial charge in [0.25, 0.3) is 0 Å². The van der Waals surface area contributed by atoms with E-state index in [0.29, 0.717) is 19.4 Å². The van der Waals surface area contributed by atoms with Crippen LogP contribution in [0.15, 0.2) is 0 Å². The maximum atomic E-state index is 13.6. The molecule has 0 aromatic heterocycles. The van der Waals surface area contributed by atoms with E-state index in [1.807, 2.05) is 0 Å². The van der Waals surface area contributed by atoms with Gasteiger partial charge in [0.2, 0.25) is 0 Å². The van der Waals surface area contributed by atoms with Crippen LogP contribution in [0.1, 0.15) is 19.3 Å². The van der Waals surface area contributed by atoms with Gasteiger partial charge in [-0.15, -0.1) is 0 Å². The summed E-state index contributed by atoms with van der Waals surface area (Å²) in [5.41, 5.74) is 0. The monoisotopic (exact) mass is 235 g/mol. The van der Waals surface area contributed by atoms with Crippen LogP contribution in [0.3, 0.4) is 0 Å². The quantitative estimate of drug-likeness (QED) is 0.730. The first-order valence-electron chi connectivity index (χ1n) is 5.64. The lowest BCUT2D eigenvalue weighted by Crippen LogP contribution is -2.43. The molecule has 0 bridgehead atoms. The van der Waals surface area contributed by atoms with Crippen LogP contribution in [0.4, 0.5) is 4.39 Å². The average Bonchev–Trinajstić information content (AvgIpc) is 2.19. The summed E-state index contributed by atoms with van der Waals surface area (Å²) in [6.07, 6.45) is 1.39. The van der Waals surface area contributed by atoms with Crippen molar-refractivity contribution in [2.24, 2.45) is 11.8 Å². The molecular formula is C10H18FNO2S. The SMILES string of the molecule is O=S1(=O)CCC(C2CCNCC2F)CC1. The highest BCUT2D eigenvalue weighted by Gasteiger charge is 2.35. The van der Waals surface area contributed by atoms with Crippen molar-refractivity contribution in [3.05, 3.63) is 0 Å². The van der Waals surface area contributed by atoms with Crippen molar-refractivity contribution in [2.75, 3.05) is 24.6 Å². The Kier molecular flexibility index (Phi) is 3.30. The summed E-state index contributed by atoms with van der Waals surface area (Å²) in [4.78, 5) is 0. The Bertz CT molecular complexity index is 303. The van der Waals surface area contributed by atoms with Gasteiger partial charge in [0.15, 0.2) is 0 Å². The number of hydrogen-bond acceptors (Lipinski definition) is 3. The average molecular weight is 235 g/mol. The second-order valence-electron chi connectivity index (χ2n) is 4.66. The second-order valence-corrected chi connectivity index (χ2v) is 6.97. The first-order chi connectivity index (χ1) is 7.08. The summed E-state index contributed by atoms with van der Waals surface area (Å²) in [6.45, 7) is 1.31. The molecule has 88 valence electrons. The molecule has 15 heavy (non-hydrogen) atoms. The van der Waals surface area contributed by atoms with E-state index < -0.39 is 16.0 Å². The van der Waals surface area contributed by atoms with Gasteiger partial charge in [-0.3, -0.25) is 0 Å². The smallest absolute Gasteiger partial charge is 0.150 e. The summed E-state index contributed by atoms with van der Waals surface area (Å²) in [5, 5.41) is 3.03. The zero-order valence-electron chi connectivity index (χ0n) is 8.78. The van der Waals surface area contributed by atoms with E-state index in [9.17, 15) is 12.8 Å². The molecule has 2 atom stereocenters. The van der Waals surface area contributed by atoms with Gasteiger partial charge in [-0.05, 0) is 37.6 Å². The van der Waals surface area contributed by atoms with E-state index in [-0.39, 0.29) is 23.3 Å². The number of halogens is 1. The van der Waals surface area contributed by atoms with E-state index in [1.165, 1.54) is 0 Å². The van der Waals surface area contributed by atoms with Crippen LogP contribution in [-0.2, 0) is 9.84 Å². The molecule has 0 amide bonds. The summed E-state index contributed by atoms with van der Waals surface area (Å²) in [6, 6.07) is 0. The molecule has 3 nitrogen and oxygen atoms in total. The topological polar surface area (TPSA) is 46.2 Å². The van der Waals surface area contributed by atoms with E-state index in [4.69, 9.17) is 0 Å². The molecular weight excluding hydrogens is 217 g/mol. The Balaban J connectivity index is 1.94. The molecule has 0 saturated carbocycles. The summed E-state index contributed by atoms with van der Waals surface area (Å²) < 4.78 is 36.1. The van der Waals surface area contributed by atoms with Crippen molar-refractivity contribution in [1.29, 1.82) is 0 Å². The Hall–Kier alpha value is -0.160. The molecule has 0 aliphatic carbocycles. The third-order valence-corrected chi connectivity index (χ3v) is 5.38. The molecule has 5 heteroatoms. The van der Waals surface area contributed by atoms with Crippen molar-refractivity contribution in [3.8, 4) is 0 Å². The fraction of sp³-hybridized carbons (Fsp3) is 1.00. The highest BCUT2D eigenvalue weighted by molar-refractivity contribution is 7.91. The largest absolute Gasteiger partial charge is 0.314 e. The molecule has 2 rings (SSSR count). The van der Waals surface area contributed by atoms with E-state index in [1.54, 1.807) is 0 Å². The molecule has 2 unspecified atom stereocenters. The number of sulfone groups is 1. The van der Waals surface area contributed by atoms with Crippen molar-refractivity contribution in [3.63, 3.8) is 0 Å². The zero-order valence-corrected chi connectivity index (χ0v) is 9.60. The van der Waals surface area contributed by atoms with Gasteiger partial charge in [-0.2, -0.15) is 0 Å². The van der Waals surface area contributed by atoms with Gasteiger partial charge in [-0.25, -0.2) is 12.8 Å². The lowest BCUT2D eigenvalue weighted by Gasteiger charge is -2.35. The number of nitrogens with one attached hydrogen (secondary N) is 1. The molecule has 0 aromatic rings. The van der Waals surface area contributed by atoms with Gasteiger partial charge in [0.1, 0.15) is 16.0 Å². The fourth-order valence-electron chi connectivity index (χ4n) is 2.71. The zero-order chi connectivity index (χ0) is 10.9. The molecule has 2 saturated heterocycles. The standard InChI is InChI=1S/C10H18FNO2S/c11-10-7-12-4-1-9(10)8-2-5-15(13,14)6-3-8/h8-10,12H,1-7H2. The minimum absolute atomic E-state index is 0.0850. The van der Waals surface area contributed by atoms with E-state index >= 15 is 0 Å². The Morgan fingerprint density at radius 1 is 1.13 bits per heavy atom. The lowest BCUT2D eigenvalue weighted by atomic mass is 9.80. The van der Waals surface area contributed by atoms with Gasteiger partial charge >= 0.3 is 0 Å². The Morgan fingerprint density at radius 3 is 2.40 bits per heavy atom. The van der Waals surface area contributed by atoms with Crippen LogP contribution < -0.4 is 5.32 Å². The highest BCUT2D eigenvalue weighted by atomic mass is 32.2. The number of alkyl halides is 1. The lowest BCUT2D eigenvalue weighted by molar-refractivity contribution is 0.119. The number of piperidine rings is 1. The maximum Gasteiger partial charge on any atom is 0.150 e. The van der Waals surface area contributed by atoms with Gasteiger partial charge in [-0.1, -0.05) is 0 Å². The molecule has 0 radical (unpaired) electrons. The number of rotatable bonds is 1. The molecule has 2 fully saturated rings. The normalized spacial score (nSPS) is 37.7.